The van der Waals surface area contributed by atoms with E-state index in [0.717, 1.165) is 34.7 Å². The maximum atomic E-state index is 13.2. The maximum Gasteiger partial charge on any atom is 0.368 e. The Morgan fingerprint density at radius 2 is 1.83 bits per heavy atom. The largest absolute Gasteiger partial charge is 0.469 e. The molecule has 2 atom stereocenters. The van der Waals surface area contributed by atoms with Crippen LogP contribution in [0.5, 0.6) is 5.75 Å². The summed E-state index contributed by atoms with van der Waals surface area (Å²) >= 11 is 0.994. The third-order valence-electron chi connectivity index (χ3n) is 3.40. The van der Waals surface area contributed by atoms with Crippen molar-refractivity contribution in [3.05, 3.63) is 36.8 Å². The average molecular weight is 770 g/mol. The van der Waals surface area contributed by atoms with Crippen LogP contribution in [0.15, 0.2) is 24.3 Å². The van der Waals surface area contributed by atoms with E-state index >= 15 is 0 Å². The van der Waals surface area contributed by atoms with Gasteiger partial charge in [0.05, 0.1) is 13.5 Å². The summed E-state index contributed by atoms with van der Waals surface area (Å²) < 4.78 is 50.4. The standard InChI is InChI=1S/C17H22F2INO6P.U/c1-16(2,3)14(15(23)21-10-9-13(22)25-4)27-28(24)26-12-7-5-11(6-8-12)17(18,19)20;/h5-8,14,28H,1,9-10H2,2-4H3,(H,21,23);/q-1;/t14-;/m0./s1. The van der Waals surface area contributed by atoms with Gasteiger partial charge in [0.1, 0.15) is 11.9 Å². The summed E-state index contributed by atoms with van der Waals surface area (Å²) in [5, 5.41) is 2.48. The molecule has 0 aliphatic carbocycles. The first-order valence-electron chi connectivity index (χ1n) is 8.10. The number of halogens is 3. The molecule has 1 amide bonds. The number of esters is 1. The molecule has 0 heterocycles. The third-order valence-corrected chi connectivity index (χ3v) is 4.85. The number of benzene rings is 1. The number of hydrogen-bond donors (Lipinski definition) is 1. The molecule has 0 aliphatic rings. The molecule has 7 nitrogen and oxygen atoms in total. The average Bonchev–Trinajstić information content (AvgIpc) is 2.58. The molecule has 0 spiro atoms. The van der Waals surface area contributed by atoms with Gasteiger partial charge in [-0.15, -0.1) is 5.41 Å². The Labute approximate surface area is 206 Å². The van der Waals surface area contributed by atoms with Crippen molar-refractivity contribution in [2.24, 2.45) is 5.41 Å². The van der Waals surface area contributed by atoms with Gasteiger partial charge in [-0.3, -0.25) is 14.1 Å². The van der Waals surface area contributed by atoms with Gasteiger partial charge in [-0.05, 0) is 24.3 Å². The molecule has 0 aromatic heterocycles. The summed E-state index contributed by atoms with van der Waals surface area (Å²) in [4.78, 5) is 23.4. The third kappa shape index (κ3) is 10.6. The number of rotatable bonds is 10. The Morgan fingerprint density at radius 3 is 2.28 bits per heavy atom. The van der Waals surface area contributed by atoms with E-state index in [1.807, 2.05) is 0 Å². The van der Waals surface area contributed by atoms with Gasteiger partial charge in [-0.2, -0.15) is 8.78 Å². The number of carbonyl (C=O) groups is 2. The molecule has 0 saturated carbocycles. The maximum absolute atomic E-state index is 13.2. The summed E-state index contributed by atoms with van der Waals surface area (Å²) in [6.45, 7) is 7.02. The Morgan fingerprint density at radius 1 is 1.28 bits per heavy atom. The minimum absolute atomic E-state index is 0. The zero-order valence-electron chi connectivity index (χ0n) is 16.1. The van der Waals surface area contributed by atoms with E-state index in [1.54, 1.807) is 13.8 Å². The second-order valence-corrected chi connectivity index (χ2v) is 8.77. The van der Waals surface area contributed by atoms with E-state index in [4.69, 9.17) is 9.05 Å². The number of ether oxygens (including phenoxy) is 1. The zero-order valence-corrected chi connectivity index (χ0v) is 23.4. The number of carbonyl (C=O) groups excluding carboxylic acids is 2. The van der Waals surface area contributed by atoms with Gasteiger partial charge in [-0.25, -0.2) is 4.57 Å². The van der Waals surface area contributed by atoms with Crippen molar-refractivity contribution in [3.63, 3.8) is 0 Å². The van der Waals surface area contributed by atoms with Crippen molar-refractivity contribution < 1.29 is 67.8 Å². The summed E-state index contributed by atoms with van der Waals surface area (Å²) in [6.07, 6.45) is -1.26. The van der Waals surface area contributed by atoms with E-state index in [-0.39, 0.29) is 55.4 Å². The number of nitrogens with one attached hydrogen (secondary N) is 1. The Bertz CT molecular complexity index is 709. The molecule has 1 aromatic rings. The number of alkyl halides is 3. The molecule has 0 aliphatic heterocycles. The smallest absolute Gasteiger partial charge is 0.368 e. The van der Waals surface area contributed by atoms with Gasteiger partial charge < -0.3 is 21.5 Å². The van der Waals surface area contributed by atoms with Crippen molar-refractivity contribution in [1.82, 2.24) is 5.32 Å². The molecular formula is C17H22F2INO6PU-. The van der Waals surface area contributed by atoms with Crippen LogP contribution in [0.1, 0.15) is 25.8 Å². The predicted octanol–water partition coefficient (Wildman–Crippen LogP) is 3.86. The molecule has 0 saturated heterocycles. The van der Waals surface area contributed by atoms with Gasteiger partial charge in [0, 0.05) is 65.8 Å². The Hall–Kier alpha value is -0.208. The first-order valence-corrected chi connectivity index (χ1v) is 10.4. The normalized spacial score (nSPS) is 13.6. The van der Waals surface area contributed by atoms with Crippen LogP contribution in [-0.2, 0) is 27.3 Å². The fraction of sp³-hybridized carbons (Fsp3) is 0.471. The Kier molecular flexibility index (Phi) is 12.5. The fourth-order valence-corrected chi connectivity index (χ4v) is 3.33. The molecule has 0 bridgehead atoms. The van der Waals surface area contributed by atoms with Gasteiger partial charge in [-0.1, -0.05) is 13.8 Å². The molecule has 0 radical (unpaired) electrons. The van der Waals surface area contributed by atoms with E-state index in [1.165, 1.54) is 19.2 Å². The SMILES string of the molecule is [CH2-]C(C)(C)[C@@H](O[P@H](=O)Oc1ccc(C(F)(F)I)cc1)C(=O)NCCC(=O)OC.[U]. The summed E-state index contributed by atoms with van der Waals surface area (Å²) in [7, 11) is -1.96. The second-order valence-electron chi connectivity index (χ2n) is 6.48. The summed E-state index contributed by atoms with van der Waals surface area (Å²) in [5.74, 6) is -1.06. The Balaban J connectivity index is 0.00000784. The molecule has 1 aromatic carbocycles. The van der Waals surface area contributed by atoms with Crippen LogP contribution >= 0.6 is 30.8 Å². The first-order chi connectivity index (χ1) is 12.8. The van der Waals surface area contributed by atoms with Crippen molar-refractivity contribution >= 4 is 42.7 Å². The molecule has 29 heavy (non-hydrogen) atoms. The molecule has 162 valence electrons. The second kappa shape index (κ2) is 12.6. The number of methoxy groups -OCH3 is 1. The van der Waals surface area contributed by atoms with Crippen LogP contribution in [0.2, 0.25) is 0 Å². The summed E-state index contributed by atoms with van der Waals surface area (Å²) in [5.41, 5.74) is -1.20. The van der Waals surface area contributed by atoms with Gasteiger partial charge in [0.2, 0.25) is 5.91 Å². The molecule has 1 N–H and O–H groups in total. The first kappa shape index (κ1) is 28.8. The fourth-order valence-electron chi connectivity index (χ4n) is 1.98. The van der Waals surface area contributed by atoms with E-state index < -0.39 is 35.6 Å². The minimum Gasteiger partial charge on any atom is -0.469 e. The van der Waals surface area contributed by atoms with Gasteiger partial charge >= 0.3 is 18.2 Å². The summed E-state index contributed by atoms with van der Waals surface area (Å²) in [6, 6.07) is 4.74. The molecule has 0 unspecified atom stereocenters. The topological polar surface area (TPSA) is 90.9 Å². The van der Waals surface area contributed by atoms with Crippen molar-refractivity contribution in [3.8, 4) is 5.75 Å². The number of amides is 1. The van der Waals surface area contributed by atoms with Crippen LogP contribution in [-0.4, -0.2) is 31.6 Å². The van der Waals surface area contributed by atoms with Crippen LogP contribution < -0.4 is 9.84 Å². The van der Waals surface area contributed by atoms with Crippen molar-refractivity contribution in [2.45, 2.75) is 30.3 Å². The number of hydrogen-bond acceptors (Lipinski definition) is 6. The van der Waals surface area contributed by atoms with Crippen LogP contribution in [0.3, 0.4) is 0 Å². The van der Waals surface area contributed by atoms with Gasteiger partial charge in [0.15, 0.2) is 0 Å². The van der Waals surface area contributed by atoms with Crippen LogP contribution in [0, 0.1) is 43.5 Å². The van der Waals surface area contributed by atoms with E-state index in [9.17, 15) is 22.9 Å². The predicted molar refractivity (Wildman–Crippen MR) is 108 cm³/mol. The molecule has 12 heteroatoms. The van der Waals surface area contributed by atoms with Crippen LogP contribution in [0.4, 0.5) is 8.78 Å². The monoisotopic (exact) mass is 770 g/mol. The van der Waals surface area contributed by atoms with Crippen LogP contribution in [0.25, 0.3) is 0 Å². The quantitative estimate of drug-likeness (QED) is 0.128. The van der Waals surface area contributed by atoms with E-state index in [2.05, 4.69) is 17.0 Å². The molecule has 1 rings (SSSR count). The molecule has 0 fully saturated rings. The molecular weight excluding hydrogens is 748 g/mol. The van der Waals surface area contributed by atoms with E-state index in [0.29, 0.717) is 0 Å². The zero-order chi connectivity index (χ0) is 21.5. The minimum atomic E-state index is -3.19. The van der Waals surface area contributed by atoms with Crippen molar-refractivity contribution in [1.29, 1.82) is 0 Å². The van der Waals surface area contributed by atoms with Gasteiger partial charge in [0.25, 0.3) is 0 Å². The van der Waals surface area contributed by atoms with Crippen molar-refractivity contribution in [2.75, 3.05) is 13.7 Å².